The molecule has 1 nitrogen and oxygen atoms in total. The lowest BCUT2D eigenvalue weighted by atomic mass is 9.71. The molecule has 0 bridgehead atoms. The minimum atomic E-state index is 0.491. The predicted octanol–water partition coefficient (Wildman–Crippen LogP) is 4.87. The molecule has 0 heterocycles. The molecule has 0 radical (unpaired) electrons. The minimum Gasteiger partial charge on any atom is -0.307 e. The molecule has 2 aliphatic rings. The summed E-state index contributed by atoms with van der Waals surface area (Å²) in [6, 6.07) is 10.3. The van der Waals surface area contributed by atoms with Gasteiger partial charge in [0.25, 0.3) is 0 Å². The third-order valence-corrected chi connectivity index (χ3v) is 5.52. The van der Waals surface area contributed by atoms with Crippen LogP contribution in [0.2, 0.25) is 0 Å². The monoisotopic (exact) mass is 271 g/mol. The van der Waals surface area contributed by atoms with E-state index in [4.69, 9.17) is 0 Å². The molecule has 1 aromatic rings. The van der Waals surface area contributed by atoms with Crippen molar-refractivity contribution in [1.29, 1.82) is 0 Å². The van der Waals surface area contributed by atoms with Crippen molar-refractivity contribution in [3.63, 3.8) is 0 Å². The van der Waals surface area contributed by atoms with Crippen molar-refractivity contribution in [2.75, 3.05) is 0 Å². The van der Waals surface area contributed by atoms with E-state index >= 15 is 0 Å². The zero-order valence-electron chi connectivity index (χ0n) is 13.3. The molecular formula is C19H29N. The highest BCUT2D eigenvalue weighted by Gasteiger charge is 2.31. The number of hydrogen-bond donors (Lipinski definition) is 1. The maximum absolute atomic E-state index is 3.95. The summed E-state index contributed by atoms with van der Waals surface area (Å²) in [4.78, 5) is 0. The number of aryl methyl sites for hydroxylation is 1. The molecule has 110 valence electrons. The first-order valence-electron chi connectivity index (χ1n) is 8.38. The molecule has 0 aromatic heterocycles. The second-order valence-electron chi connectivity index (χ2n) is 7.87. The van der Waals surface area contributed by atoms with Crippen molar-refractivity contribution < 1.29 is 0 Å². The maximum Gasteiger partial charge on any atom is 0.0328 e. The van der Waals surface area contributed by atoms with E-state index in [1.165, 1.54) is 38.5 Å². The Morgan fingerprint density at radius 1 is 0.950 bits per heavy atom. The molecule has 0 spiro atoms. The third-order valence-electron chi connectivity index (χ3n) is 5.52. The van der Waals surface area contributed by atoms with Crippen LogP contribution in [0.3, 0.4) is 0 Å². The van der Waals surface area contributed by atoms with Gasteiger partial charge in [0.05, 0.1) is 0 Å². The van der Waals surface area contributed by atoms with Crippen molar-refractivity contribution >= 4 is 0 Å². The molecule has 0 saturated heterocycles. The van der Waals surface area contributed by atoms with Crippen molar-refractivity contribution in [2.24, 2.45) is 11.3 Å². The summed E-state index contributed by atoms with van der Waals surface area (Å²) in [5.74, 6) is 0.913. The van der Waals surface area contributed by atoms with Gasteiger partial charge in [-0.1, -0.05) is 45.0 Å². The van der Waals surface area contributed by atoms with Gasteiger partial charge < -0.3 is 5.32 Å². The van der Waals surface area contributed by atoms with E-state index in [1.807, 2.05) is 0 Å². The Balaban J connectivity index is 1.56. The Kier molecular flexibility index (Phi) is 3.90. The first-order chi connectivity index (χ1) is 9.54. The van der Waals surface area contributed by atoms with E-state index in [-0.39, 0.29) is 0 Å². The topological polar surface area (TPSA) is 12.0 Å². The van der Waals surface area contributed by atoms with E-state index in [2.05, 4.69) is 50.4 Å². The van der Waals surface area contributed by atoms with Gasteiger partial charge in [-0.05, 0) is 61.0 Å². The molecule has 1 aromatic carbocycles. The maximum atomic E-state index is 3.95. The normalized spacial score (nSPS) is 30.2. The second-order valence-corrected chi connectivity index (χ2v) is 7.87. The third kappa shape index (κ3) is 2.93. The SMILES string of the molecule is CC(C)(C)C1CCC(NC2CCc3ccccc32)CC1. The molecule has 1 fully saturated rings. The molecule has 1 atom stereocenters. The Labute approximate surface area is 124 Å². The van der Waals surface area contributed by atoms with Gasteiger partial charge >= 0.3 is 0 Å². The quantitative estimate of drug-likeness (QED) is 0.809. The van der Waals surface area contributed by atoms with Gasteiger partial charge in [-0.2, -0.15) is 0 Å². The highest BCUT2D eigenvalue weighted by molar-refractivity contribution is 5.34. The molecule has 1 N–H and O–H groups in total. The van der Waals surface area contributed by atoms with Gasteiger partial charge in [-0.25, -0.2) is 0 Å². The molecular weight excluding hydrogens is 242 g/mol. The van der Waals surface area contributed by atoms with Gasteiger partial charge in [0.1, 0.15) is 0 Å². The fourth-order valence-electron chi connectivity index (χ4n) is 4.14. The van der Waals surface area contributed by atoms with Crippen LogP contribution in [0.5, 0.6) is 0 Å². The standard InChI is InChI=1S/C19H29N/c1-19(2,3)15-9-11-16(12-10-15)20-18-13-8-14-6-4-5-7-17(14)18/h4-7,15-16,18,20H,8-13H2,1-3H3. The van der Waals surface area contributed by atoms with Crippen LogP contribution >= 0.6 is 0 Å². The molecule has 20 heavy (non-hydrogen) atoms. The summed E-state index contributed by atoms with van der Waals surface area (Å²) in [6.07, 6.45) is 8.07. The lowest BCUT2D eigenvalue weighted by molar-refractivity contribution is 0.156. The zero-order chi connectivity index (χ0) is 14.2. The average molecular weight is 271 g/mol. The molecule has 0 aliphatic heterocycles. The first kappa shape index (κ1) is 14.1. The van der Waals surface area contributed by atoms with Gasteiger partial charge in [0.15, 0.2) is 0 Å². The first-order valence-corrected chi connectivity index (χ1v) is 8.38. The Hall–Kier alpha value is -0.820. The van der Waals surface area contributed by atoms with Crippen molar-refractivity contribution in [2.45, 2.75) is 71.4 Å². The Morgan fingerprint density at radius 3 is 2.35 bits per heavy atom. The molecule has 3 rings (SSSR count). The van der Waals surface area contributed by atoms with Crippen LogP contribution in [-0.2, 0) is 6.42 Å². The Bertz CT molecular complexity index is 449. The summed E-state index contributed by atoms with van der Waals surface area (Å²) in [5, 5.41) is 3.95. The summed E-state index contributed by atoms with van der Waals surface area (Å²) in [6.45, 7) is 7.20. The number of hydrogen-bond acceptors (Lipinski definition) is 1. The molecule has 1 saturated carbocycles. The van der Waals surface area contributed by atoms with E-state index < -0.39 is 0 Å². The minimum absolute atomic E-state index is 0.491. The summed E-state index contributed by atoms with van der Waals surface area (Å²) in [5.41, 5.74) is 3.61. The lowest BCUT2D eigenvalue weighted by Crippen LogP contribution is -2.37. The lowest BCUT2D eigenvalue weighted by Gasteiger charge is -2.38. The van der Waals surface area contributed by atoms with Crippen LogP contribution in [0.4, 0.5) is 0 Å². The van der Waals surface area contributed by atoms with Crippen LogP contribution in [0.1, 0.15) is 70.0 Å². The van der Waals surface area contributed by atoms with Crippen LogP contribution in [0, 0.1) is 11.3 Å². The molecule has 1 heteroatoms. The second kappa shape index (κ2) is 5.52. The van der Waals surface area contributed by atoms with Gasteiger partial charge in [0.2, 0.25) is 0 Å². The number of benzene rings is 1. The molecule has 1 unspecified atom stereocenters. The highest BCUT2D eigenvalue weighted by Crippen LogP contribution is 2.39. The predicted molar refractivity (Wildman–Crippen MR) is 85.8 cm³/mol. The largest absolute Gasteiger partial charge is 0.307 e. The smallest absolute Gasteiger partial charge is 0.0328 e. The van der Waals surface area contributed by atoms with Gasteiger partial charge in [0, 0.05) is 12.1 Å². The molecule has 2 aliphatic carbocycles. The van der Waals surface area contributed by atoms with Crippen LogP contribution in [0.15, 0.2) is 24.3 Å². The number of fused-ring (bicyclic) bond motifs is 1. The summed E-state index contributed by atoms with van der Waals surface area (Å²) >= 11 is 0. The highest BCUT2D eigenvalue weighted by atomic mass is 15.0. The Morgan fingerprint density at radius 2 is 1.65 bits per heavy atom. The summed E-state index contributed by atoms with van der Waals surface area (Å²) < 4.78 is 0. The van der Waals surface area contributed by atoms with Crippen LogP contribution < -0.4 is 5.32 Å². The van der Waals surface area contributed by atoms with Gasteiger partial charge in [-0.3, -0.25) is 0 Å². The zero-order valence-corrected chi connectivity index (χ0v) is 13.3. The van der Waals surface area contributed by atoms with E-state index in [0.29, 0.717) is 11.5 Å². The van der Waals surface area contributed by atoms with E-state index in [1.54, 1.807) is 11.1 Å². The molecule has 0 amide bonds. The number of rotatable bonds is 2. The van der Waals surface area contributed by atoms with E-state index in [9.17, 15) is 0 Å². The van der Waals surface area contributed by atoms with Gasteiger partial charge in [-0.15, -0.1) is 0 Å². The van der Waals surface area contributed by atoms with Crippen LogP contribution in [0.25, 0.3) is 0 Å². The van der Waals surface area contributed by atoms with Crippen molar-refractivity contribution in [3.8, 4) is 0 Å². The van der Waals surface area contributed by atoms with Crippen LogP contribution in [-0.4, -0.2) is 6.04 Å². The van der Waals surface area contributed by atoms with Crippen molar-refractivity contribution in [3.05, 3.63) is 35.4 Å². The summed E-state index contributed by atoms with van der Waals surface area (Å²) in [7, 11) is 0. The fraction of sp³-hybridized carbons (Fsp3) is 0.684. The van der Waals surface area contributed by atoms with E-state index in [0.717, 1.165) is 12.0 Å². The fourth-order valence-corrected chi connectivity index (χ4v) is 4.14. The number of nitrogens with one attached hydrogen (secondary N) is 1. The van der Waals surface area contributed by atoms with Crippen molar-refractivity contribution in [1.82, 2.24) is 5.32 Å². The average Bonchev–Trinajstić information content (AvgIpc) is 2.82.